The Morgan fingerprint density at radius 2 is 1.94 bits per heavy atom. The molecule has 0 amide bonds. The number of nitrogens with zero attached hydrogens (tertiary/aromatic N) is 1. The van der Waals surface area contributed by atoms with Gasteiger partial charge in [-0.05, 0) is 13.1 Å². The van der Waals surface area contributed by atoms with Crippen molar-refractivity contribution < 1.29 is 8.42 Å². The number of nitrogen functional groups attached to an aromatic ring is 1. The molecule has 0 aliphatic carbocycles. The number of rotatable bonds is 6. The second-order valence-electron chi connectivity index (χ2n) is 3.24. The lowest BCUT2D eigenvalue weighted by atomic mass is 10.4. The number of halogens is 2. The van der Waals surface area contributed by atoms with Gasteiger partial charge in [0.05, 0.1) is 15.8 Å². The molecule has 0 unspecified atom stereocenters. The van der Waals surface area contributed by atoms with Gasteiger partial charge in [0, 0.05) is 6.54 Å². The fourth-order valence-electron chi connectivity index (χ4n) is 1.10. The fraction of sp³-hybridized carbons (Fsp3) is 0.375. The van der Waals surface area contributed by atoms with E-state index in [-0.39, 0.29) is 28.2 Å². The van der Waals surface area contributed by atoms with Gasteiger partial charge in [-0.2, -0.15) is 0 Å². The lowest BCUT2D eigenvalue weighted by molar-refractivity contribution is 0.588. The fourth-order valence-corrected chi connectivity index (χ4v) is 2.15. The Hall–Kier alpha value is -0.800. The molecule has 5 N–H and O–H groups in total. The van der Waals surface area contributed by atoms with E-state index in [2.05, 4.69) is 20.4 Å². The highest BCUT2D eigenvalue weighted by Gasteiger charge is 2.10. The Labute approximate surface area is 115 Å². The highest BCUT2D eigenvalue weighted by atomic mass is 35.5. The van der Waals surface area contributed by atoms with E-state index in [0.29, 0.717) is 5.82 Å². The van der Waals surface area contributed by atoms with Crippen LogP contribution < -0.4 is 21.3 Å². The van der Waals surface area contributed by atoms with Gasteiger partial charge < -0.3 is 10.7 Å². The minimum Gasteiger partial charge on any atom is -0.368 e. The smallest absolute Gasteiger partial charge is 0.213 e. The molecule has 10 heteroatoms. The van der Waals surface area contributed by atoms with Gasteiger partial charge in [-0.25, -0.2) is 24.0 Å². The monoisotopic (exact) mass is 313 g/mol. The maximum Gasteiger partial charge on any atom is 0.213 e. The molecular formula is C8H13Cl2N5O2S. The number of pyridine rings is 1. The maximum atomic E-state index is 11.2. The van der Waals surface area contributed by atoms with Gasteiger partial charge in [0.2, 0.25) is 10.0 Å². The number of hydrogen-bond donors (Lipinski definition) is 4. The van der Waals surface area contributed by atoms with E-state index < -0.39 is 10.0 Å². The van der Waals surface area contributed by atoms with Crippen LogP contribution in [0.3, 0.4) is 0 Å². The Morgan fingerprint density at radius 3 is 2.50 bits per heavy atom. The zero-order chi connectivity index (χ0) is 13.8. The van der Waals surface area contributed by atoms with Crippen LogP contribution in [0, 0.1) is 0 Å². The van der Waals surface area contributed by atoms with Crippen molar-refractivity contribution in [1.29, 1.82) is 0 Å². The lowest BCUT2D eigenvalue weighted by Crippen LogP contribution is -2.26. The van der Waals surface area contributed by atoms with Gasteiger partial charge in [-0.3, -0.25) is 0 Å². The van der Waals surface area contributed by atoms with Crippen LogP contribution in [-0.2, 0) is 10.0 Å². The highest BCUT2D eigenvalue weighted by Crippen LogP contribution is 2.28. The lowest BCUT2D eigenvalue weighted by Gasteiger charge is -2.10. The molecule has 102 valence electrons. The third-order valence-electron chi connectivity index (χ3n) is 2.04. The van der Waals surface area contributed by atoms with E-state index in [9.17, 15) is 8.42 Å². The zero-order valence-electron chi connectivity index (χ0n) is 9.50. The first-order valence-corrected chi connectivity index (χ1v) is 7.28. The third kappa shape index (κ3) is 4.14. The summed E-state index contributed by atoms with van der Waals surface area (Å²) in [5, 5.41) is 3.34. The van der Waals surface area contributed by atoms with Gasteiger partial charge in [-0.1, -0.05) is 23.2 Å². The Bertz CT molecular complexity index is 522. The highest BCUT2D eigenvalue weighted by molar-refractivity contribution is 7.89. The molecule has 0 radical (unpaired) electrons. The van der Waals surface area contributed by atoms with Gasteiger partial charge in [0.25, 0.3) is 0 Å². The third-order valence-corrected chi connectivity index (χ3v) is 3.98. The molecule has 1 heterocycles. The topological polar surface area (TPSA) is 109 Å². The Balaban J connectivity index is 2.74. The molecule has 0 bridgehead atoms. The SMILES string of the molecule is CNS(=O)(=O)CCNc1nc(NN)c(Cl)cc1Cl. The van der Waals surface area contributed by atoms with Gasteiger partial charge >= 0.3 is 0 Å². The molecular weight excluding hydrogens is 301 g/mol. The number of aromatic nitrogens is 1. The molecule has 1 aromatic heterocycles. The summed E-state index contributed by atoms with van der Waals surface area (Å²) >= 11 is 11.7. The molecule has 1 aromatic rings. The largest absolute Gasteiger partial charge is 0.368 e. The average Bonchev–Trinajstić information content (AvgIpc) is 2.32. The molecule has 1 rings (SSSR count). The van der Waals surface area contributed by atoms with Crippen LogP contribution in [0.1, 0.15) is 0 Å². The molecule has 0 aliphatic rings. The number of hydrogen-bond acceptors (Lipinski definition) is 6. The second-order valence-corrected chi connectivity index (χ2v) is 6.10. The van der Waals surface area contributed by atoms with Crippen LogP contribution >= 0.6 is 23.2 Å². The predicted molar refractivity (Wildman–Crippen MR) is 73.4 cm³/mol. The van der Waals surface area contributed by atoms with Gasteiger partial charge in [0.1, 0.15) is 5.82 Å². The normalized spacial score (nSPS) is 11.3. The summed E-state index contributed by atoms with van der Waals surface area (Å²) in [5.41, 5.74) is 2.31. The second kappa shape index (κ2) is 6.39. The van der Waals surface area contributed by atoms with Crippen LogP contribution in [0.15, 0.2) is 6.07 Å². The van der Waals surface area contributed by atoms with Crippen molar-refractivity contribution in [3.05, 3.63) is 16.1 Å². The van der Waals surface area contributed by atoms with Crippen LogP contribution in [0.2, 0.25) is 10.0 Å². The van der Waals surface area contributed by atoms with Crippen molar-refractivity contribution in [1.82, 2.24) is 9.71 Å². The molecule has 0 saturated carbocycles. The standard InChI is InChI=1S/C8H13Cl2N5O2S/c1-12-18(16,17)3-2-13-7-5(9)4-6(10)8(14-7)15-11/h4,12H,2-3,11H2,1H3,(H2,13,14,15). The number of anilines is 2. The minimum atomic E-state index is -3.28. The Kier molecular flexibility index (Phi) is 5.42. The molecule has 7 nitrogen and oxygen atoms in total. The van der Waals surface area contributed by atoms with E-state index in [0.717, 1.165) is 0 Å². The minimum absolute atomic E-state index is 0.102. The van der Waals surface area contributed by atoms with Crippen molar-refractivity contribution in [2.75, 3.05) is 30.1 Å². The summed E-state index contributed by atoms with van der Waals surface area (Å²) in [7, 11) is -1.93. The quantitative estimate of drug-likeness (QED) is 0.453. The molecule has 0 atom stereocenters. The van der Waals surface area contributed by atoms with Crippen LogP contribution in [0.5, 0.6) is 0 Å². The van der Waals surface area contributed by atoms with Crippen LogP contribution in [0.25, 0.3) is 0 Å². The Morgan fingerprint density at radius 1 is 1.33 bits per heavy atom. The first kappa shape index (κ1) is 15.3. The number of sulfonamides is 1. The molecule has 0 fully saturated rings. The van der Waals surface area contributed by atoms with Crippen molar-refractivity contribution in [3.8, 4) is 0 Å². The summed E-state index contributed by atoms with van der Waals surface area (Å²) in [6.07, 6.45) is 0. The van der Waals surface area contributed by atoms with E-state index in [1.54, 1.807) is 0 Å². The average molecular weight is 314 g/mol. The van der Waals surface area contributed by atoms with Crippen LogP contribution in [-0.4, -0.2) is 32.7 Å². The van der Waals surface area contributed by atoms with E-state index in [1.807, 2.05) is 0 Å². The summed E-state index contributed by atoms with van der Waals surface area (Å²) < 4.78 is 24.6. The molecule has 0 aliphatic heterocycles. The summed E-state index contributed by atoms with van der Waals surface area (Å²) in [6.45, 7) is 0.154. The summed E-state index contributed by atoms with van der Waals surface area (Å²) in [6, 6.07) is 1.46. The number of nitrogens with two attached hydrogens (primary N) is 1. The molecule has 18 heavy (non-hydrogen) atoms. The molecule has 0 spiro atoms. The van der Waals surface area contributed by atoms with E-state index >= 15 is 0 Å². The first-order valence-electron chi connectivity index (χ1n) is 4.87. The van der Waals surface area contributed by atoms with Crippen molar-refractivity contribution in [2.24, 2.45) is 5.84 Å². The zero-order valence-corrected chi connectivity index (χ0v) is 11.8. The van der Waals surface area contributed by atoms with Crippen LogP contribution in [0.4, 0.5) is 11.6 Å². The molecule has 0 aromatic carbocycles. The van der Waals surface area contributed by atoms with Gasteiger partial charge in [0.15, 0.2) is 5.82 Å². The summed E-state index contributed by atoms with van der Waals surface area (Å²) in [4.78, 5) is 4.01. The first-order chi connectivity index (χ1) is 8.39. The van der Waals surface area contributed by atoms with Crippen molar-refractivity contribution in [2.45, 2.75) is 0 Å². The predicted octanol–water partition coefficient (Wildman–Crippen LogP) is 0.635. The summed E-state index contributed by atoms with van der Waals surface area (Å²) in [5.74, 6) is 5.67. The molecule has 0 saturated heterocycles. The maximum absolute atomic E-state index is 11.2. The van der Waals surface area contributed by atoms with Crippen molar-refractivity contribution >= 4 is 44.9 Å². The van der Waals surface area contributed by atoms with Crippen molar-refractivity contribution in [3.63, 3.8) is 0 Å². The van der Waals surface area contributed by atoms with E-state index in [4.69, 9.17) is 29.0 Å². The number of nitrogens with one attached hydrogen (secondary N) is 3. The van der Waals surface area contributed by atoms with E-state index in [1.165, 1.54) is 13.1 Å². The van der Waals surface area contributed by atoms with Gasteiger partial charge in [-0.15, -0.1) is 0 Å². The number of hydrazine groups is 1.